The molecule has 46 heavy (non-hydrogen) atoms. The molecule has 2 aromatic rings. The molecule has 1 aliphatic carbocycles. The average molecular weight is 669 g/mol. The summed E-state index contributed by atoms with van der Waals surface area (Å²) in [5.41, 5.74) is 1.65. The second kappa shape index (κ2) is 11.8. The van der Waals surface area contributed by atoms with Crippen molar-refractivity contribution in [3.8, 4) is 28.7 Å². The fraction of sp³-hybridized carbons (Fsp3) is 0.552. The molecule has 2 aromatic carbocycles. The lowest BCUT2D eigenvalue weighted by atomic mass is 9.66. The van der Waals surface area contributed by atoms with E-state index >= 15 is 0 Å². The number of benzene rings is 2. The zero-order chi connectivity index (χ0) is 32.5. The number of carbonyl (C=O) groups excluding carboxylic acids is 1. The van der Waals surface area contributed by atoms with Crippen LogP contribution in [0, 0.1) is 11.8 Å². The molecule has 0 saturated carbocycles. The van der Waals surface area contributed by atoms with E-state index in [2.05, 4.69) is 0 Å². The van der Waals surface area contributed by atoms with Gasteiger partial charge in [0, 0.05) is 11.8 Å². The topological polar surface area (TPSA) is 207 Å². The average Bonchev–Trinajstić information content (AvgIpc) is 3.64. The number of rotatable bonds is 7. The molecule has 4 N–H and O–H groups in total. The van der Waals surface area contributed by atoms with Gasteiger partial charge in [0.1, 0.15) is 24.4 Å². The SMILES string of the molecule is COc1cc(C2c3cc4c(cc3C(OC3OC5COC(C)OC5C(O)C3O)C3COC(=O)C23)OCO4)cc(OC)c1OP(=O)(O)O. The van der Waals surface area contributed by atoms with Crippen LogP contribution in [0.4, 0.5) is 0 Å². The summed E-state index contributed by atoms with van der Waals surface area (Å²) in [6.45, 7) is 1.72. The number of aliphatic hydroxyl groups is 2. The van der Waals surface area contributed by atoms with E-state index in [-0.39, 0.29) is 37.3 Å². The molecule has 4 aliphatic heterocycles. The van der Waals surface area contributed by atoms with Crippen molar-refractivity contribution in [3.05, 3.63) is 41.0 Å². The lowest BCUT2D eigenvalue weighted by molar-refractivity contribution is -0.364. The van der Waals surface area contributed by atoms with Gasteiger partial charge in [-0.3, -0.25) is 14.6 Å². The molecule has 3 fully saturated rings. The van der Waals surface area contributed by atoms with Gasteiger partial charge in [0.2, 0.25) is 12.5 Å². The van der Waals surface area contributed by atoms with Gasteiger partial charge in [-0.15, -0.1) is 0 Å². The quantitative estimate of drug-likeness (QED) is 0.241. The number of carbonyl (C=O) groups is 1. The van der Waals surface area contributed by atoms with Crippen molar-refractivity contribution >= 4 is 13.8 Å². The Morgan fingerprint density at radius 2 is 1.57 bits per heavy atom. The summed E-state index contributed by atoms with van der Waals surface area (Å²) in [4.78, 5) is 32.5. The van der Waals surface area contributed by atoms with Crippen LogP contribution in [0.25, 0.3) is 0 Å². The molecule has 0 bridgehead atoms. The van der Waals surface area contributed by atoms with Crippen molar-refractivity contribution in [2.75, 3.05) is 34.2 Å². The summed E-state index contributed by atoms with van der Waals surface area (Å²) >= 11 is 0. The molecule has 0 spiro atoms. The Balaban J connectivity index is 1.32. The van der Waals surface area contributed by atoms with Crippen LogP contribution in [-0.4, -0.2) is 97.2 Å². The van der Waals surface area contributed by atoms with Crippen molar-refractivity contribution < 1.29 is 76.5 Å². The van der Waals surface area contributed by atoms with E-state index < -0.39 is 74.6 Å². The number of fused-ring (bicyclic) bond motifs is 4. The highest BCUT2D eigenvalue weighted by atomic mass is 31.2. The first kappa shape index (κ1) is 31.4. The van der Waals surface area contributed by atoms with Crippen molar-refractivity contribution in [2.24, 2.45) is 11.8 Å². The number of esters is 1. The van der Waals surface area contributed by atoms with Crippen LogP contribution in [0.2, 0.25) is 0 Å². The molecule has 5 aliphatic rings. The second-order valence-corrected chi connectivity index (χ2v) is 12.7. The number of phosphoric ester groups is 1. The monoisotopic (exact) mass is 668 g/mol. The van der Waals surface area contributed by atoms with Gasteiger partial charge in [-0.2, -0.15) is 0 Å². The van der Waals surface area contributed by atoms with E-state index in [4.69, 9.17) is 47.2 Å². The van der Waals surface area contributed by atoms with Crippen LogP contribution < -0.4 is 23.5 Å². The number of ether oxygens (including phenoxy) is 9. The summed E-state index contributed by atoms with van der Waals surface area (Å²) in [6.07, 6.45) is -7.18. The summed E-state index contributed by atoms with van der Waals surface area (Å²) in [6, 6.07) is 6.47. The maximum absolute atomic E-state index is 13.5. The first-order valence-corrected chi connectivity index (χ1v) is 16.1. The zero-order valence-electron chi connectivity index (χ0n) is 24.8. The van der Waals surface area contributed by atoms with Crippen LogP contribution in [0.3, 0.4) is 0 Å². The van der Waals surface area contributed by atoms with Crippen molar-refractivity contribution in [2.45, 2.75) is 55.9 Å². The third-order valence-corrected chi connectivity index (χ3v) is 9.36. The molecular formula is C29H33O16P. The van der Waals surface area contributed by atoms with Crippen molar-refractivity contribution in [1.82, 2.24) is 0 Å². The normalized spacial score (nSPS) is 34.6. The number of methoxy groups -OCH3 is 2. The second-order valence-electron chi connectivity index (χ2n) is 11.6. The van der Waals surface area contributed by atoms with E-state index in [1.54, 1.807) is 19.1 Å². The van der Waals surface area contributed by atoms with Crippen LogP contribution >= 0.6 is 7.82 Å². The van der Waals surface area contributed by atoms with Crippen molar-refractivity contribution in [3.63, 3.8) is 0 Å². The number of hydrogen-bond acceptors (Lipinski definition) is 14. The summed E-state index contributed by atoms with van der Waals surface area (Å²) < 4.78 is 68.1. The van der Waals surface area contributed by atoms with E-state index in [1.807, 2.05) is 0 Å². The van der Waals surface area contributed by atoms with E-state index in [1.165, 1.54) is 26.4 Å². The highest BCUT2D eigenvalue weighted by Gasteiger charge is 2.56. The molecule has 0 radical (unpaired) electrons. The summed E-state index contributed by atoms with van der Waals surface area (Å²) in [7, 11) is -2.40. The van der Waals surface area contributed by atoms with Crippen LogP contribution in [0.15, 0.2) is 24.3 Å². The molecule has 17 heteroatoms. The largest absolute Gasteiger partial charge is 0.525 e. The highest BCUT2D eigenvalue weighted by molar-refractivity contribution is 7.46. The highest BCUT2D eigenvalue weighted by Crippen LogP contribution is 2.57. The van der Waals surface area contributed by atoms with E-state index in [9.17, 15) is 29.4 Å². The molecule has 3 saturated heterocycles. The maximum atomic E-state index is 13.5. The first-order chi connectivity index (χ1) is 22.0. The first-order valence-electron chi connectivity index (χ1n) is 14.5. The van der Waals surface area contributed by atoms with Crippen LogP contribution in [0.1, 0.15) is 35.6 Å². The Hall–Kier alpha value is -3.18. The molecule has 16 nitrogen and oxygen atoms in total. The van der Waals surface area contributed by atoms with Crippen LogP contribution in [0.5, 0.6) is 28.7 Å². The molecule has 4 heterocycles. The molecule has 0 amide bonds. The van der Waals surface area contributed by atoms with Gasteiger partial charge >= 0.3 is 13.8 Å². The minimum atomic E-state index is -5.00. The molecule has 250 valence electrons. The Kier molecular flexibility index (Phi) is 8.07. The number of phosphoric acid groups is 1. The Labute approximate surface area is 262 Å². The van der Waals surface area contributed by atoms with Gasteiger partial charge < -0.3 is 57.4 Å². The van der Waals surface area contributed by atoms with E-state index in [0.29, 0.717) is 28.2 Å². The van der Waals surface area contributed by atoms with E-state index in [0.717, 1.165) is 0 Å². The predicted molar refractivity (Wildman–Crippen MR) is 149 cm³/mol. The maximum Gasteiger partial charge on any atom is 0.525 e. The predicted octanol–water partition coefficient (Wildman–Crippen LogP) is 1.10. The van der Waals surface area contributed by atoms with Gasteiger partial charge in [0.25, 0.3) is 0 Å². The third kappa shape index (κ3) is 5.37. The number of hydrogen-bond donors (Lipinski definition) is 4. The number of aliphatic hydroxyl groups excluding tert-OH is 2. The van der Waals surface area contributed by atoms with Gasteiger partial charge in [-0.25, -0.2) is 4.57 Å². The fourth-order valence-electron chi connectivity index (χ4n) is 6.93. The Bertz CT molecular complexity index is 1530. The summed E-state index contributed by atoms with van der Waals surface area (Å²) in [5.74, 6) is -2.25. The van der Waals surface area contributed by atoms with Gasteiger partial charge in [-0.1, -0.05) is 0 Å². The molecule has 10 unspecified atom stereocenters. The molecular weight excluding hydrogens is 635 g/mol. The van der Waals surface area contributed by atoms with Crippen LogP contribution in [-0.2, 0) is 33.0 Å². The minimum Gasteiger partial charge on any atom is -0.493 e. The van der Waals surface area contributed by atoms with Gasteiger partial charge in [0.05, 0.1) is 39.5 Å². The fourth-order valence-corrected chi connectivity index (χ4v) is 7.35. The van der Waals surface area contributed by atoms with Gasteiger partial charge in [0.15, 0.2) is 35.6 Å². The molecule has 0 aromatic heterocycles. The standard InChI is InChI=1S/C29H33O16P/c1-11-38-9-20-27(42-11)23(30)24(31)29(43-20)44-25-14-7-17-16(40-10-41-17)6-13(14)21(22-15(25)8-39-28(22)32)12-4-18(36-2)26(19(5-12)37-3)45-46(33,34)35/h4-7,11,15,20-25,27,29-31H,8-10H2,1-3H3,(H2,33,34,35). The lowest BCUT2D eigenvalue weighted by Gasteiger charge is -2.47. The minimum absolute atomic E-state index is 0.0303. The molecule has 10 atom stereocenters. The third-order valence-electron chi connectivity index (χ3n) is 8.94. The summed E-state index contributed by atoms with van der Waals surface area (Å²) in [5, 5.41) is 22.0. The Morgan fingerprint density at radius 1 is 0.891 bits per heavy atom. The molecule has 7 rings (SSSR count). The van der Waals surface area contributed by atoms with Gasteiger partial charge in [-0.05, 0) is 47.9 Å². The smallest absolute Gasteiger partial charge is 0.493 e. The lowest BCUT2D eigenvalue weighted by Crippen LogP contribution is -2.63. The zero-order valence-corrected chi connectivity index (χ0v) is 25.7. The van der Waals surface area contributed by atoms with Crippen molar-refractivity contribution in [1.29, 1.82) is 0 Å². The number of cyclic esters (lactones) is 1. The Morgan fingerprint density at radius 3 is 2.22 bits per heavy atom.